The highest BCUT2D eigenvalue weighted by Crippen LogP contribution is 2.36. The minimum Gasteiger partial charge on any atom is -0.465 e. The van der Waals surface area contributed by atoms with Crippen molar-refractivity contribution in [3.05, 3.63) is 29.8 Å². The van der Waals surface area contributed by atoms with Gasteiger partial charge in [-0.15, -0.1) is 0 Å². The Labute approximate surface area is 94.8 Å². The summed E-state index contributed by atoms with van der Waals surface area (Å²) in [5.74, 6) is 0.577. The molecular weight excluding hydrogens is 202 g/mol. The third-order valence-corrected chi connectivity index (χ3v) is 3.36. The Bertz CT molecular complexity index is 422. The van der Waals surface area contributed by atoms with Crippen molar-refractivity contribution in [3.63, 3.8) is 0 Å². The van der Waals surface area contributed by atoms with Crippen molar-refractivity contribution in [1.82, 2.24) is 5.32 Å². The molecule has 1 spiro atoms. The Morgan fingerprint density at radius 3 is 2.69 bits per heavy atom. The second-order valence-electron chi connectivity index (χ2n) is 4.52. The van der Waals surface area contributed by atoms with Gasteiger partial charge in [-0.05, 0) is 25.0 Å². The summed E-state index contributed by atoms with van der Waals surface area (Å²) in [4.78, 5) is 11.9. The van der Waals surface area contributed by atoms with E-state index in [4.69, 9.17) is 4.74 Å². The zero-order valence-electron chi connectivity index (χ0n) is 9.11. The Kier molecular flexibility index (Phi) is 2.13. The van der Waals surface area contributed by atoms with Gasteiger partial charge in [0.05, 0.1) is 5.56 Å². The van der Waals surface area contributed by atoms with Crippen LogP contribution in [0.3, 0.4) is 0 Å². The molecule has 0 atom stereocenters. The van der Waals surface area contributed by atoms with Crippen LogP contribution in [0.5, 0.6) is 5.75 Å². The number of fused-ring (bicyclic) bond motifs is 1. The Hall–Kier alpha value is -1.51. The van der Waals surface area contributed by atoms with Crippen molar-refractivity contribution in [1.29, 1.82) is 0 Å². The van der Waals surface area contributed by atoms with Crippen molar-refractivity contribution >= 4 is 5.91 Å². The van der Waals surface area contributed by atoms with Gasteiger partial charge in [-0.25, -0.2) is 5.32 Å². The molecule has 1 amide bonds. The predicted octanol–water partition coefficient (Wildman–Crippen LogP) is 2.48. The molecule has 1 aliphatic carbocycles. The summed E-state index contributed by atoms with van der Waals surface area (Å²) in [6, 6.07) is 7.37. The summed E-state index contributed by atoms with van der Waals surface area (Å²) in [5.41, 5.74) is 0.0441. The molecule has 16 heavy (non-hydrogen) atoms. The molecule has 1 fully saturated rings. The SMILES string of the molecule is O=C1[N]C2(CCCCC2)Oc2ccccc21. The zero-order valence-corrected chi connectivity index (χ0v) is 9.11. The van der Waals surface area contributed by atoms with Crippen LogP contribution in [-0.2, 0) is 0 Å². The van der Waals surface area contributed by atoms with Gasteiger partial charge in [0, 0.05) is 12.8 Å². The number of hydrogen-bond acceptors (Lipinski definition) is 2. The molecule has 1 saturated carbocycles. The Morgan fingerprint density at radius 2 is 1.88 bits per heavy atom. The van der Waals surface area contributed by atoms with E-state index < -0.39 is 5.72 Å². The average molecular weight is 216 g/mol. The van der Waals surface area contributed by atoms with Gasteiger partial charge in [-0.2, -0.15) is 0 Å². The molecule has 1 aliphatic heterocycles. The maximum atomic E-state index is 11.9. The second-order valence-corrected chi connectivity index (χ2v) is 4.52. The maximum Gasteiger partial charge on any atom is 0.279 e. The molecule has 1 aromatic carbocycles. The molecule has 0 N–H and O–H groups in total. The number of para-hydroxylation sites is 1. The molecule has 3 heteroatoms. The standard InChI is InChI=1S/C13H14NO2/c15-12-10-6-2-3-7-11(10)16-13(14-12)8-4-1-5-9-13/h2-3,6-7H,1,4-5,8-9H2. The lowest BCUT2D eigenvalue weighted by molar-refractivity contribution is -0.0117. The van der Waals surface area contributed by atoms with E-state index in [1.807, 2.05) is 18.2 Å². The summed E-state index contributed by atoms with van der Waals surface area (Å²) in [6.07, 6.45) is 5.15. The quantitative estimate of drug-likeness (QED) is 0.668. The van der Waals surface area contributed by atoms with Gasteiger partial charge in [0.1, 0.15) is 5.75 Å². The van der Waals surface area contributed by atoms with Crippen LogP contribution < -0.4 is 10.1 Å². The number of carbonyl (C=O) groups excluding carboxylic acids is 1. The van der Waals surface area contributed by atoms with Gasteiger partial charge in [-0.1, -0.05) is 18.6 Å². The average Bonchev–Trinajstić information content (AvgIpc) is 2.30. The summed E-state index contributed by atoms with van der Waals surface area (Å²) >= 11 is 0. The number of hydrogen-bond donors (Lipinski definition) is 0. The molecule has 1 heterocycles. The van der Waals surface area contributed by atoms with E-state index in [-0.39, 0.29) is 5.91 Å². The van der Waals surface area contributed by atoms with Crippen LogP contribution in [0.2, 0.25) is 0 Å². The van der Waals surface area contributed by atoms with Crippen molar-refractivity contribution < 1.29 is 9.53 Å². The summed E-state index contributed by atoms with van der Waals surface area (Å²) in [5, 5.41) is 4.25. The van der Waals surface area contributed by atoms with Crippen molar-refractivity contribution in [2.75, 3.05) is 0 Å². The minimum absolute atomic E-state index is 0.122. The molecule has 0 unspecified atom stereocenters. The lowest BCUT2D eigenvalue weighted by Crippen LogP contribution is -2.52. The zero-order chi connectivity index (χ0) is 11.0. The number of benzene rings is 1. The van der Waals surface area contributed by atoms with Gasteiger partial charge in [0.2, 0.25) is 5.72 Å². The summed E-state index contributed by atoms with van der Waals surface area (Å²) in [7, 11) is 0. The van der Waals surface area contributed by atoms with Gasteiger partial charge in [0.15, 0.2) is 0 Å². The highest BCUT2D eigenvalue weighted by atomic mass is 16.5. The lowest BCUT2D eigenvalue weighted by atomic mass is 9.90. The third kappa shape index (κ3) is 1.47. The van der Waals surface area contributed by atoms with Crippen molar-refractivity contribution in [3.8, 4) is 5.75 Å². The van der Waals surface area contributed by atoms with Crippen LogP contribution in [0.25, 0.3) is 0 Å². The first kappa shape index (κ1) is 9.70. The van der Waals surface area contributed by atoms with E-state index in [1.54, 1.807) is 6.07 Å². The van der Waals surface area contributed by atoms with Gasteiger partial charge < -0.3 is 4.74 Å². The smallest absolute Gasteiger partial charge is 0.279 e. The molecule has 83 valence electrons. The molecular formula is C13H14NO2. The fourth-order valence-corrected chi connectivity index (χ4v) is 2.52. The first-order valence-electron chi connectivity index (χ1n) is 5.84. The van der Waals surface area contributed by atoms with E-state index in [0.717, 1.165) is 25.7 Å². The molecule has 0 saturated heterocycles. The summed E-state index contributed by atoms with van der Waals surface area (Å²) in [6.45, 7) is 0. The van der Waals surface area contributed by atoms with E-state index in [9.17, 15) is 4.79 Å². The number of carbonyl (C=O) groups is 1. The van der Waals surface area contributed by atoms with Crippen LogP contribution in [0.1, 0.15) is 42.5 Å². The van der Waals surface area contributed by atoms with Crippen molar-refractivity contribution in [2.24, 2.45) is 0 Å². The Morgan fingerprint density at radius 1 is 1.12 bits per heavy atom. The summed E-state index contributed by atoms with van der Waals surface area (Å²) < 4.78 is 5.94. The minimum atomic E-state index is -0.552. The maximum absolute atomic E-state index is 11.9. The molecule has 3 rings (SSSR count). The largest absolute Gasteiger partial charge is 0.465 e. The molecule has 0 bridgehead atoms. The normalized spacial score (nSPS) is 22.1. The molecule has 1 aromatic rings. The molecule has 3 nitrogen and oxygen atoms in total. The molecule has 2 aliphatic rings. The van der Waals surface area contributed by atoms with E-state index >= 15 is 0 Å². The lowest BCUT2D eigenvalue weighted by Gasteiger charge is -2.39. The van der Waals surface area contributed by atoms with Crippen LogP contribution in [-0.4, -0.2) is 11.6 Å². The Balaban J connectivity index is 1.96. The third-order valence-electron chi connectivity index (χ3n) is 3.36. The number of nitrogens with zero attached hydrogens (tertiary/aromatic N) is 1. The number of ether oxygens (including phenoxy) is 1. The number of amides is 1. The van der Waals surface area contributed by atoms with Gasteiger partial charge >= 0.3 is 0 Å². The highest BCUT2D eigenvalue weighted by Gasteiger charge is 2.42. The van der Waals surface area contributed by atoms with Crippen molar-refractivity contribution in [2.45, 2.75) is 37.8 Å². The van der Waals surface area contributed by atoms with E-state index in [2.05, 4.69) is 5.32 Å². The highest BCUT2D eigenvalue weighted by molar-refractivity contribution is 5.98. The van der Waals surface area contributed by atoms with Crippen LogP contribution >= 0.6 is 0 Å². The molecule has 1 radical (unpaired) electrons. The van der Waals surface area contributed by atoms with E-state index in [1.165, 1.54) is 6.42 Å². The number of rotatable bonds is 0. The first-order chi connectivity index (χ1) is 7.79. The van der Waals surface area contributed by atoms with Crippen LogP contribution in [0, 0.1) is 0 Å². The predicted molar refractivity (Wildman–Crippen MR) is 59.4 cm³/mol. The second kappa shape index (κ2) is 3.51. The van der Waals surface area contributed by atoms with Gasteiger partial charge in [0.25, 0.3) is 5.91 Å². The topological polar surface area (TPSA) is 40.4 Å². The van der Waals surface area contributed by atoms with Crippen LogP contribution in [0.4, 0.5) is 0 Å². The van der Waals surface area contributed by atoms with Gasteiger partial charge in [-0.3, -0.25) is 4.79 Å². The van der Waals surface area contributed by atoms with E-state index in [0.29, 0.717) is 11.3 Å². The fourth-order valence-electron chi connectivity index (χ4n) is 2.52. The first-order valence-corrected chi connectivity index (χ1v) is 5.84. The monoisotopic (exact) mass is 216 g/mol. The molecule has 0 aromatic heterocycles. The van der Waals surface area contributed by atoms with Crippen LogP contribution in [0.15, 0.2) is 24.3 Å². The fraction of sp³-hybridized carbons (Fsp3) is 0.462.